The highest BCUT2D eigenvalue weighted by atomic mass is 79.9. The first-order chi connectivity index (χ1) is 8.26. The second-order valence-electron chi connectivity index (χ2n) is 3.68. The van der Waals surface area contributed by atoms with Crippen molar-refractivity contribution >= 4 is 26.9 Å². The molecule has 0 aliphatic carbocycles. The SMILES string of the molecule is NCc1cc(-c2cc3cc(Br)ccc3o2)on1. The number of rotatable bonds is 2. The number of nitrogens with zero attached hydrogens (tertiary/aromatic N) is 1. The Morgan fingerprint density at radius 1 is 1.18 bits per heavy atom. The third-order valence-corrected chi connectivity index (χ3v) is 2.98. The molecule has 0 saturated heterocycles. The Morgan fingerprint density at radius 2 is 2.06 bits per heavy atom. The quantitative estimate of drug-likeness (QED) is 0.787. The number of nitrogens with two attached hydrogens (primary N) is 1. The minimum Gasteiger partial charge on any atom is -0.453 e. The molecule has 0 atom stereocenters. The molecule has 0 amide bonds. The number of aromatic nitrogens is 1. The van der Waals surface area contributed by atoms with Crippen LogP contribution in [0.15, 0.2) is 43.7 Å². The molecule has 4 nitrogen and oxygen atoms in total. The van der Waals surface area contributed by atoms with Gasteiger partial charge in [0.05, 0.1) is 5.69 Å². The van der Waals surface area contributed by atoms with E-state index in [9.17, 15) is 0 Å². The van der Waals surface area contributed by atoms with E-state index in [0.29, 0.717) is 23.8 Å². The Balaban J connectivity index is 2.11. The molecule has 0 unspecified atom stereocenters. The summed E-state index contributed by atoms with van der Waals surface area (Å²) in [5.41, 5.74) is 7.00. The van der Waals surface area contributed by atoms with Gasteiger partial charge >= 0.3 is 0 Å². The van der Waals surface area contributed by atoms with E-state index in [0.717, 1.165) is 15.4 Å². The zero-order valence-corrected chi connectivity index (χ0v) is 10.4. The summed E-state index contributed by atoms with van der Waals surface area (Å²) in [5, 5.41) is 4.84. The van der Waals surface area contributed by atoms with Gasteiger partial charge in [-0.3, -0.25) is 0 Å². The van der Waals surface area contributed by atoms with Gasteiger partial charge in [-0.1, -0.05) is 21.1 Å². The first-order valence-corrected chi connectivity index (χ1v) is 5.91. The molecule has 17 heavy (non-hydrogen) atoms. The first kappa shape index (κ1) is 10.6. The van der Waals surface area contributed by atoms with Crippen molar-refractivity contribution < 1.29 is 8.94 Å². The lowest BCUT2D eigenvalue weighted by molar-refractivity contribution is 0.413. The van der Waals surface area contributed by atoms with E-state index in [1.54, 1.807) is 6.07 Å². The van der Waals surface area contributed by atoms with Crippen molar-refractivity contribution in [2.24, 2.45) is 5.73 Å². The molecule has 0 aliphatic rings. The molecule has 3 aromatic rings. The minimum absolute atomic E-state index is 0.356. The van der Waals surface area contributed by atoms with Crippen LogP contribution in [-0.4, -0.2) is 5.16 Å². The van der Waals surface area contributed by atoms with Crippen LogP contribution in [0, 0.1) is 0 Å². The second kappa shape index (κ2) is 4.01. The van der Waals surface area contributed by atoms with Crippen LogP contribution in [0.1, 0.15) is 5.69 Å². The molecular weight excluding hydrogens is 284 g/mol. The monoisotopic (exact) mass is 292 g/mol. The summed E-state index contributed by atoms with van der Waals surface area (Å²) in [7, 11) is 0. The Morgan fingerprint density at radius 3 is 2.82 bits per heavy atom. The molecule has 3 rings (SSSR count). The minimum atomic E-state index is 0.356. The van der Waals surface area contributed by atoms with Gasteiger partial charge in [-0.05, 0) is 24.3 Å². The van der Waals surface area contributed by atoms with E-state index < -0.39 is 0 Å². The van der Waals surface area contributed by atoms with Crippen LogP contribution in [0.3, 0.4) is 0 Å². The molecule has 2 heterocycles. The van der Waals surface area contributed by atoms with E-state index in [2.05, 4.69) is 21.1 Å². The summed E-state index contributed by atoms with van der Waals surface area (Å²) in [6.07, 6.45) is 0. The van der Waals surface area contributed by atoms with Gasteiger partial charge in [0, 0.05) is 22.5 Å². The van der Waals surface area contributed by atoms with Crippen molar-refractivity contribution in [3.05, 3.63) is 40.5 Å². The second-order valence-corrected chi connectivity index (χ2v) is 4.60. The molecule has 0 spiro atoms. The van der Waals surface area contributed by atoms with Crippen LogP contribution in [0.25, 0.3) is 22.5 Å². The standard InChI is InChI=1S/C12H9BrN2O2/c13-8-1-2-10-7(3-8)4-11(16-10)12-5-9(6-14)15-17-12/h1-5H,6,14H2. The number of benzene rings is 1. The highest BCUT2D eigenvalue weighted by molar-refractivity contribution is 9.10. The fraction of sp³-hybridized carbons (Fsp3) is 0.0833. The third-order valence-electron chi connectivity index (χ3n) is 2.49. The highest BCUT2D eigenvalue weighted by Crippen LogP contribution is 2.29. The van der Waals surface area contributed by atoms with Crippen LogP contribution < -0.4 is 5.73 Å². The van der Waals surface area contributed by atoms with Gasteiger partial charge < -0.3 is 14.7 Å². The van der Waals surface area contributed by atoms with Gasteiger partial charge in [-0.2, -0.15) is 0 Å². The molecule has 2 N–H and O–H groups in total. The van der Waals surface area contributed by atoms with Gasteiger partial charge in [-0.15, -0.1) is 0 Å². The van der Waals surface area contributed by atoms with Gasteiger partial charge in [0.25, 0.3) is 0 Å². The van der Waals surface area contributed by atoms with E-state index >= 15 is 0 Å². The molecule has 86 valence electrons. The van der Waals surface area contributed by atoms with Crippen LogP contribution in [-0.2, 0) is 6.54 Å². The van der Waals surface area contributed by atoms with E-state index in [1.807, 2.05) is 24.3 Å². The predicted octanol–water partition coefficient (Wildman–Crippen LogP) is 3.31. The fourth-order valence-corrected chi connectivity index (χ4v) is 2.04. The van der Waals surface area contributed by atoms with Gasteiger partial charge in [0.2, 0.25) is 5.76 Å². The molecule has 0 fully saturated rings. The largest absolute Gasteiger partial charge is 0.453 e. The van der Waals surface area contributed by atoms with Crippen LogP contribution >= 0.6 is 15.9 Å². The zero-order valence-electron chi connectivity index (χ0n) is 8.81. The Labute approximate surface area is 106 Å². The molecular formula is C12H9BrN2O2. The van der Waals surface area contributed by atoms with E-state index in [4.69, 9.17) is 14.7 Å². The van der Waals surface area contributed by atoms with Gasteiger partial charge in [0.1, 0.15) is 5.58 Å². The van der Waals surface area contributed by atoms with Crippen molar-refractivity contribution in [3.8, 4) is 11.5 Å². The maximum atomic E-state index is 5.67. The van der Waals surface area contributed by atoms with Crippen LogP contribution in [0.4, 0.5) is 0 Å². The predicted molar refractivity (Wildman–Crippen MR) is 67.3 cm³/mol. The zero-order chi connectivity index (χ0) is 11.8. The number of hydrogen-bond donors (Lipinski definition) is 1. The smallest absolute Gasteiger partial charge is 0.202 e. The Kier molecular flexibility index (Phi) is 2.49. The third kappa shape index (κ3) is 1.87. The summed E-state index contributed by atoms with van der Waals surface area (Å²) in [6.45, 7) is 0.356. The summed E-state index contributed by atoms with van der Waals surface area (Å²) >= 11 is 3.42. The lowest BCUT2D eigenvalue weighted by Gasteiger charge is -1.88. The molecule has 5 heteroatoms. The van der Waals surface area contributed by atoms with Crippen molar-refractivity contribution in [2.45, 2.75) is 6.54 Å². The first-order valence-electron chi connectivity index (χ1n) is 5.11. The maximum Gasteiger partial charge on any atom is 0.202 e. The molecule has 0 radical (unpaired) electrons. The van der Waals surface area contributed by atoms with Crippen molar-refractivity contribution in [2.75, 3.05) is 0 Å². The molecule has 0 saturated carbocycles. The number of halogens is 1. The maximum absolute atomic E-state index is 5.67. The molecule has 1 aromatic carbocycles. The average molecular weight is 293 g/mol. The molecule has 0 bridgehead atoms. The van der Waals surface area contributed by atoms with Gasteiger partial charge in [-0.25, -0.2) is 0 Å². The van der Waals surface area contributed by atoms with Crippen molar-refractivity contribution in [3.63, 3.8) is 0 Å². The summed E-state index contributed by atoms with van der Waals surface area (Å²) in [6, 6.07) is 9.53. The van der Waals surface area contributed by atoms with E-state index in [-0.39, 0.29) is 0 Å². The topological polar surface area (TPSA) is 65.2 Å². The van der Waals surface area contributed by atoms with Gasteiger partial charge in [0.15, 0.2) is 5.76 Å². The Bertz CT molecular complexity index is 672. The molecule has 2 aromatic heterocycles. The van der Waals surface area contributed by atoms with Crippen molar-refractivity contribution in [1.82, 2.24) is 5.16 Å². The number of fused-ring (bicyclic) bond motifs is 1. The Hall–Kier alpha value is -1.59. The lowest BCUT2D eigenvalue weighted by Crippen LogP contribution is -1.94. The molecule has 0 aliphatic heterocycles. The normalized spacial score (nSPS) is 11.2. The number of hydrogen-bond acceptors (Lipinski definition) is 4. The van der Waals surface area contributed by atoms with Crippen molar-refractivity contribution in [1.29, 1.82) is 0 Å². The summed E-state index contributed by atoms with van der Waals surface area (Å²) < 4.78 is 11.8. The highest BCUT2D eigenvalue weighted by Gasteiger charge is 2.11. The van der Waals surface area contributed by atoms with Crippen LogP contribution in [0.2, 0.25) is 0 Å². The van der Waals surface area contributed by atoms with Crippen LogP contribution in [0.5, 0.6) is 0 Å². The lowest BCUT2D eigenvalue weighted by atomic mass is 10.2. The fourth-order valence-electron chi connectivity index (χ4n) is 1.66. The van der Waals surface area contributed by atoms with E-state index in [1.165, 1.54) is 0 Å². The number of furan rings is 1. The average Bonchev–Trinajstić information content (AvgIpc) is 2.93. The summed E-state index contributed by atoms with van der Waals surface area (Å²) in [5.74, 6) is 1.25. The summed E-state index contributed by atoms with van der Waals surface area (Å²) in [4.78, 5) is 0.